The summed E-state index contributed by atoms with van der Waals surface area (Å²) in [5.41, 5.74) is 1.23. The lowest BCUT2D eigenvalue weighted by atomic mass is 10.2. The molecule has 0 spiro atoms. The lowest BCUT2D eigenvalue weighted by molar-refractivity contribution is -0.122. The topological polar surface area (TPSA) is 32.3 Å². The quantitative estimate of drug-likeness (QED) is 0.853. The zero-order valence-corrected chi connectivity index (χ0v) is 14.2. The van der Waals surface area contributed by atoms with E-state index in [1.165, 1.54) is 6.07 Å². The molecule has 0 bridgehead atoms. The molecule has 0 fully saturated rings. The summed E-state index contributed by atoms with van der Waals surface area (Å²) in [6.07, 6.45) is 0. The Bertz CT molecular complexity index is 674. The largest absolute Gasteiger partial charge is 0.351 e. The minimum Gasteiger partial charge on any atom is -0.351 e. The Morgan fingerprint density at radius 2 is 1.83 bits per heavy atom. The van der Waals surface area contributed by atoms with Crippen molar-refractivity contribution in [1.29, 1.82) is 0 Å². The van der Waals surface area contributed by atoms with E-state index >= 15 is 0 Å². The average Bonchev–Trinajstić information content (AvgIpc) is 2.50. The molecule has 0 radical (unpaired) electrons. The van der Waals surface area contributed by atoms with Gasteiger partial charge in [-0.1, -0.05) is 47.5 Å². The monoisotopic (exact) mass is 354 g/mol. The Morgan fingerprint density at radius 1 is 1.13 bits per heavy atom. The van der Waals surface area contributed by atoms with Gasteiger partial charge >= 0.3 is 0 Å². The van der Waals surface area contributed by atoms with Crippen LogP contribution in [0.1, 0.15) is 11.1 Å². The molecule has 2 aromatic rings. The fraction of sp³-hybridized carbons (Fsp3) is 0.235. The number of benzene rings is 2. The normalized spacial score (nSPS) is 10.8. The standard InChI is InChI=1S/C17H17Cl2FN2O/c1-22(10-13-15(19)7-4-8-16(13)20)11-17(23)21-9-12-5-2-3-6-14(12)18/h2-8H,9-11H2,1H3,(H,21,23). The summed E-state index contributed by atoms with van der Waals surface area (Å²) < 4.78 is 13.7. The Labute approximate surface area is 145 Å². The third kappa shape index (κ3) is 5.20. The van der Waals surface area contributed by atoms with Crippen LogP contribution < -0.4 is 5.32 Å². The van der Waals surface area contributed by atoms with Crippen LogP contribution in [0, 0.1) is 5.82 Å². The van der Waals surface area contributed by atoms with Crippen molar-refractivity contribution < 1.29 is 9.18 Å². The van der Waals surface area contributed by atoms with Gasteiger partial charge in [0.05, 0.1) is 6.54 Å². The minimum atomic E-state index is -0.374. The van der Waals surface area contributed by atoms with Crippen LogP contribution in [0.2, 0.25) is 10.0 Å². The van der Waals surface area contributed by atoms with E-state index in [-0.39, 0.29) is 24.8 Å². The number of hydrogen-bond acceptors (Lipinski definition) is 2. The molecule has 0 unspecified atom stereocenters. The Morgan fingerprint density at radius 3 is 2.52 bits per heavy atom. The molecule has 0 aliphatic rings. The highest BCUT2D eigenvalue weighted by Crippen LogP contribution is 2.20. The SMILES string of the molecule is CN(CC(=O)NCc1ccccc1Cl)Cc1c(F)cccc1Cl. The zero-order chi connectivity index (χ0) is 16.8. The second-order valence-electron chi connectivity index (χ2n) is 5.24. The average molecular weight is 355 g/mol. The number of amides is 1. The summed E-state index contributed by atoms with van der Waals surface area (Å²) in [7, 11) is 1.73. The number of carbonyl (C=O) groups excluding carboxylic acids is 1. The van der Waals surface area contributed by atoms with Gasteiger partial charge in [-0.05, 0) is 30.8 Å². The molecule has 2 aromatic carbocycles. The fourth-order valence-corrected chi connectivity index (χ4v) is 2.57. The van der Waals surface area contributed by atoms with Crippen LogP contribution in [0.25, 0.3) is 0 Å². The second-order valence-corrected chi connectivity index (χ2v) is 6.06. The van der Waals surface area contributed by atoms with Gasteiger partial charge in [0.2, 0.25) is 5.91 Å². The fourth-order valence-electron chi connectivity index (χ4n) is 2.15. The molecule has 0 saturated carbocycles. The van der Waals surface area contributed by atoms with Crippen LogP contribution in [0.15, 0.2) is 42.5 Å². The molecule has 2 rings (SSSR count). The molecule has 0 aliphatic carbocycles. The first-order chi connectivity index (χ1) is 11.0. The highest BCUT2D eigenvalue weighted by molar-refractivity contribution is 6.31. The van der Waals surface area contributed by atoms with Crippen molar-refractivity contribution in [2.75, 3.05) is 13.6 Å². The molecule has 0 saturated heterocycles. The van der Waals surface area contributed by atoms with Gasteiger partial charge in [-0.3, -0.25) is 9.69 Å². The van der Waals surface area contributed by atoms with Crippen molar-refractivity contribution in [1.82, 2.24) is 10.2 Å². The summed E-state index contributed by atoms with van der Waals surface area (Å²) in [4.78, 5) is 13.7. The maximum Gasteiger partial charge on any atom is 0.234 e. The van der Waals surface area contributed by atoms with Crippen LogP contribution in [0.4, 0.5) is 4.39 Å². The number of nitrogens with one attached hydrogen (secondary N) is 1. The van der Waals surface area contributed by atoms with E-state index in [2.05, 4.69) is 5.32 Å². The summed E-state index contributed by atoms with van der Waals surface area (Å²) in [5.74, 6) is -0.541. The van der Waals surface area contributed by atoms with E-state index in [1.54, 1.807) is 30.1 Å². The van der Waals surface area contributed by atoms with E-state index in [0.29, 0.717) is 22.2 Å². The van der Waals surface area contributed by atoms with E-state index in [9.17, 15) is 9.18 Å². The molecule has 23 heavy (non-hydrogen) atoms. The number of carbonyl (C=O) groups is 1. The van der Waals surface area contributed by atoms with Crippen molar-refractivity contribution in [3.63, 3.8) is 0 Å². The van der Waals surface area contributed by atoms with Crippen molar-refractivity contribution in [2.45, 2.75) is 13.1 Å². The molecule has 1 amide bonds. The van der Waals surface area contributed by atoms with Gasteiger partial charge in [-0.15, -0.1) is 0 Å². The molecule has 0 aliphatic heterocycles. The lowest BCUT2D eigenvalue weighted by Gasteiger charge is -2.17. The van der Waals surface area contributed by atoms with Crippen LogP contribution in [-0.4, -0.2) is 24.4 Å². The van der Waals surface area contributed by atoms with E-state index in [4.69, 9.17) is 23.2 Å². The number of likely N-dealkylation sites (N-methyl/N-ethyl adjacent to an activating group) is 1. The summed E-state index contributed by atoms with van der Waals surface area (Å²) in [6.45, 7) is 0.743. The molecule has 0 aromatic heterocycles. The van der Waals surface area contributed by atoms with Crippen LogP contribution in [-0.2, 0) is 17.9 Å². The third-order valence-electron chi connectivity index (χ3n) is 3.34. The molecule has 122 valence electrons. The van der Waals surface area contributed by atoms with Crippen LogP contribution >= 0.6 is 23.2 Å². The van der Waals surface area contributed by atoms with Gasteiger partial charge in [-0.25, -0.2) is 4.39 Å². The maximum atomic E-state index is 13.7. The molecule has 0 heterocycles. The summed E-state index contributed by atoms with van der Waals surface area (Å²) in [6, 6.07) is 11.9. The molecule has 1 N–H and O–H groups in total. The smallest absolute Gasteiger partial charge is 0.234 e. The predicted molar refractivity (Wildman–Crippen MR) is 91.0 cm³/mol. The number of nitrogens with zero attached hydrogens (tertiary/aromatic N) is 1. The predicted octanol–water partition coefficient (Wildman–Crippen LogP) is 3.88. The van der Waals surface area contributed by atoms with Crippen LogP contribution in [0.3, 0.4) is 0 Å². The molecule has 3 nitrogen and oxygen atoms in total. The van der Waals surface area contributed by atoms with Gasteiger partial charge in [0.1, 0.15) is 5.82 Å². The number of hydrogen-bond donors (Lipinski definition) is 1. The summed E-state index contributed by atoms with van der Waals surface area (Å²) >= 11 is 12.0. The van der Waals surface area contributed by atoms with E-state index < -0.39 is 0 Å². The second kappa shape index (κ2) is 8.29. The number of rotatable bonds is 6. The van der Waals surface area contributed by atoms with Crippen LogP contribution in [0.5, 0.6) is 0 Å². The Balaban J connectivity index is 1.86. The third-order valence-corrected chi connectivity index (χ3v) is 4.06. The highest BCUT2D eigenvalue weighted by Gasteiger charge is 2.12. The first kappa shape index (κ1) is 17.7. The highest BCUT2D eigenvalue weighted by atomic mass is 35.5. The van der Waals surface area contributed by atoms with Crippen molar-refractivity contribution >= 4 is 29.1 Å². The Hall–Kier alpha value is -1.62. The zero-order valence-electron chi connectivity index (χ0n) is 12.7. The van der Waals surface area contributed by atoms with E-state index in [0.717, 1.165) is 5.56 Å². The minimum absolute atomic E-state index is 0.134. The molecule has 0 atom stereocenters. The van der Waals surface area contributed by atoms with Crippen molar-refractivity contribution in [3.8, 4) is 0 Å². The Kier molecular flexibility index (Phi) is 6.39. The van der Waals surface area contributed by atoms with Crippen molar-refractivity contribution in [2.24, 2.45) is 0 Å². The number of halogens is 3. The first-order valence-corrected chi connectivity index (χ1v) is 7.84. The summed E-state index contributed by atoms with van der Waals surface area (Å²) in [5, 5.41) is 3.76. The van der Waals surface area contributed by atoms with Crippen molar-refractivity contribution in [3.05, 3.63) is 69.5 Å². The van der Waals surface area contributed by atoms with Gasteiger partial charge < -0.3 is 5.32 Å². The molecular weight excluding hydrogens is 338 g/mol. The van der Waals surface area contributed by atoms with E-state index in [1.807, 2.05) is 18.2 Å². The van der Waals surface area contributed by atoms with Gasteiger partial charge in [0.15, 0.2) is 0 Å². The maximum absolute atomic E-state index is 13.7. The molecule has 6 heteroatoms. The molecular formula is C17H17Cl2FN2O. The lowest BCUT2D eigenvalue weighted by Crippen LogP contribution is -2.34. The first-order valence-electron chi connectivity index (χ1n) is 7.09. The van der Waals surface area contributed by atoms with Gasteiger partial charge in [0.25, 0.3) is 0 Å². The van der Waals surface area contributed by atoms with Gasteiger partial charge in [0, 0.05) is 28.7 Å². The van der Waals surface area contributed by atoms with Gasteiger partial charge in [-0.2, -0.15) is 0 Å².